The van der Waals surface area contributed by atoms with Gasteiger partial charge in [0.25, 0.3) is 15.9 Å². The average Bonchev–Trinajstić information content (AvgIpc) is 2.88. The van der Waals surface area contributed by atoms with Crippen molar-refractivity contribution in [2.24, 2.45) is 5.10 Å². The first kappa shape index (κ1) is 27.8. The van der Waals surface area contributed by atoms with Crippen molar-refractivity contribution in [3.05, 3.63) is 95.0 Å². The molecule has 3 aromatic carbocycles. The van der Waals surface area contributed by atoms with Gasteiger partial charge in [0, 0.05) is 5.02 Å². The van der Waals surface area contributed by atoms with Crippen molar-refractivity contribution in [1.29, 1.82) is 0 Å². The van der Waals surface area contributed by atoms with E-state index in [0.717, 1.165) is 9.87 Å². The first-order valence-electron chi connectivity index (χ1n) is 11.3. The maximum Gasteiger partial charge on any atom is 0.264 e. The van der Waals surface area contributed by atoms with Gasteiger partial charge in [0.1, 0.15) is 13.2 Å². The molecule has 0 aliphatic rings. The summed E-state index contributed by atoms with van der Waals surface area (Å²) in [6, 6.07) is 16.4. The number of anilines is 1. The van der Waals surface area contributed by atoms with Crippen LogP contribution >= 0.6 is 11.6 Å². The maximum atomic E-state index is 13.5. The van der Waals surface area contributed by atoms with Crippen molar-refractivity contribution in [2.45, 2.75) is 18.7 Å². The van der Waals surface area contributed by atoms with Crippen LogP contribution < -0.4 is 19.2 Å². The number of benzene rings is 3. The quantitative estimate of drug-likeness (QED) is 0.212. The lowest BCUT2D eigenvalue weighted by atomic mass is 10.2. The van der Waals surface area contributed by atoms with E-state index in [4.69, 9.17) is 21.1 Å². The number of hydrogen-bond donors (Lipinski definition) is 1. The molecule has 0 bridgehead atoms. The summed E-state index contributed by atoms with van der Waals surface area (Å²) in [5.41, 5.74) is 4.77. The molecule has 1 N–H and O–H groups in total. The largest absolute Gasteiger partial charge is 0.493 e. The van der Waals surface area contributed by atoms with Gasteiger partial charge in [0.15, 0.2) is 11.5 Å². The van der Waals surface area contributed by atoms with E-state index in [0.29, 0.717) is 39.9 Å². The Kier molecular flexibility index (Phi) is 9.32. The molecule has 0 saturated carbocycles. The number of amides is 1. The summed E-state index contributed by atoms with van der Waals surface area (Å²) in [6.07, 6.45) is 3.04. The van der Waals surface area contributed by atoms with E-state index >= 15 is 0 Å². The Morgan fingerprint density at radius 3 is 2.51 bits per heavy atom. The van der Waals surface area contributed by atoms with Gasteiger partial charge < -0.3 is 9.47 Å². The van der Waals surface area contributed by atoms with E-state index in [2.05, 4.69) is 17.1 Å². The second kappa shape index (κ2) is 12.4. The zero-order valence-corrected chi connectivity index (χ0v) is 22.3. The highest BCUT2D eigenvalue weighted by molar-refractivity contribution is 7.92. The second-order valence-electron chi connectivity index (χ2n) is 8.01. The molecule has 0 fully saturated rings. The standard InChI is InChI=1S/C27H28ClN3O5S/c1-5-15-36-25-14-11-21(16-26(25)35-4)17-29-30-27(32)18-31(24-8-6-7-23(28)20(24)3)37(33,34)22-12-9-19(2)10-13-22/h5-14,16-17H,1,15,18H2,2-4H3,(H,30,32)/b29-17-. The van der Waals surface area contributed by atoms with Crippen LogP contribution in [0.25, 0.3) is 0 Å². The molecule has 0 spiro atoms. The third kappa shape index (κ3) is 6.90. The van der Waals surface area contributed by atoms with Gasteiger partial charge in [-0.05, 0) is 67.4 Å². The number of aryl methyl sites for hydroxylation is 1. The molecule has 0 aromatic heterocycles. The maximum absolute atomic E-state index is 13.5. The molecule has 10 heteroatoms. The van der Waals surface area contributed by atoms with Crippen molar-refractivity contribution in [2.75, 3.05) is 24.6 Å². The number of rotatable bonds is 11. The first-order chi connectivity index (χ1) is 17.7. The average molecular weight is 542 g/mol. The van der Waals surface area contributed by atoms with Crippen LogP contribution in [0, 0.1) is 13.8 Å². The topological polar surface area (TPSA) is 97.3 Å². The van der Waals surface area contributed by atoms with E-state index < -0.39 is 22.5 Å². The summed E-state index contributed by atoms with van der Waals surface area (Å²) in [5.74, 6) is 0.394. The number of ether oxygens (including phenoxy) is 2. The minimum absolute atomic E-state index is 0.0552. The second-order valence-corrected chi connectivity index (χ2v) is 10.3. The Balaban J connectivity index is 1.83. The van der Waals surface area contributed by atoms with Crippen molar-refractivity contribution >= 4 is 39.4 Å². The fraction of sp³-hybridized carbons (Fsp3) is 0.185. The lowest BCUT2D eigenvalue weighted by Crippen LogP contribution is -2.40. The summed E-state index contributed by atoms with van der Waals surface area (Å²) in [7, 11) is -2.57. The van der Waals surface area contributed by atoms with Crippen LogP contribution in [0.1, 0.15) is 16.7 Å². The molecule has 8 nitrogen and oxygen atoms in total. The van der Waals surface area contributed by atoms with Crippen LogP contribution in [0.5, 0.6) is 11.5 Å². The molecule has 0 heterocycles. The van der Waals surface area contributed by atoms with Crippen LogP contribution in [-0.4, -0.2) is 40.8 Å². The predicted octanol–water partition coefficient (Wildman–Crippen LogP) is 4.88. The van der Waals surface area contributed by atoms with Gasteiger partial charge in [-0.25, -0.2) is 13.8 Å². The molecular weight excluding hydrogens is 514 g/mol. The highest BCUT2D eigenvalue weighted by atomic mass is 35.5. The third-order valence-corrected chi connectivity index (χ3v) is 7.53. The van der Waals surface area contributed by atoms with Crippen LogP contribution in [0.3, 0.4) is 0 Å². The summed E-state index contributed by atoms with van der Waals surface area (Å²) in [4.78, 5) is 12.9. The molecule has 0 aliphatic heterocycles. The summed E-state index contributed by atoms with van der Waals surface area (Å²) >= 11 is 6.26. The highest BCUT2D eigenvalue weighted by Gasteiger charge is 2.28. The Morgan fingerprint density at radius 1 is 1.11 bits per heavy atom. The van der Waals surface area contributed by atoms with Gasteiger partial charge >= 0.3 is 0 Å². The van der Waals surface area contributed by atoms with Crippen LogP contribution in [0.4, 0.5) is 5.69 Å². The number of carbonyl (C=O) groups excluding carboxylic acids is 1. The van der Waals surface area contributed by atoms with E-state index in [9.17, 15) is 13.2 Å². The number of carbonyl (C=O) groups is 1. The lowest BCUT2D eigenvalue weighted by Gasteiger charge is -2.25. The molecule has 194 valence electrons. The Labute approximate surface area is 222 Å². The van der Waals surface area contributed by atoms with E-state index in [1.807, 2.05) is 6.92 Å². The van der Waals surface area contributed by atoms with Crippen LogP contribution in [-0.2, 0) is 14.8 Å². The van der Waals surface area contributed by atoms with Gasteiger partial charge in [-0.2, -0.15) is 5.10 Å². The number of halogens is 1. The van der Waals surface area contributed by atoms with Crippen LogP contribution in [0.2, 0.25) is 5.02 Å². The van der Waals surface area contributed by atoms with E-state index in [-0.39, 0.29) is 4.90 Å². The Bertz CT molecular complexity index is 1410. The van der Waals surface area contributed by atoms with Gasteiger partial charge in [-0.1, -0.05) is 48.0 Å². The van der Waals surface area contributed by atoms with Gasteiger partial charge in [0.05, 0.1) is 23.9 Å². The Morgan fingerprint density at radius 2 is 1.84 bits per heavy atom. The molecule has 0 radical (unpaired) electrons. The van der Waals surface area contributed by atoms with E-state index in [1.165, 1.54) is 25.5 Å². The lowest BCUT2D eigenvalue weighted by molar-refractivity contribution is -0.119. The van der Waals surface area contributed by atoms with Crippen molar-refractivity contribution in [1.82, 2.24) is 5.43 Å². The molecule has 1 amide bonds. The first-order valence-corrected chi connectivity index (χ1v) is 13.1. The number of sulfonamides is 1. The highest BCUT2D eigenvalue weighted by Crippen LogP contribution is 2.31. The molecule has 3 aromatic rings. The van der Waals surface area contributed by atoms with Crippen LogP contribution in [0.15, 0.2) is 83.3 Å². The number of hydrazone groups is 1. The fourth-order valence-electron chi connectivity index (χ4n) is 3.38. The number of nitrogens with one attached hydrogen (secondary N) is 1. The SMILES string of the molecule is C=CCOc1ccc(/C=N\NC(=O)CN(c2cccc(Cl)c2C)S(=O)(=O)c2ccc(C)cc2)cc1OC. The van der Waals surface area contributed by atoms with Crippen molar-refractivity contribution < 1.29 is 22.7 Å². The molecule has 37 heavy (non-hydrogen) atoms. The summed E-state index contributed by atoms with van der Waals surface area (Å²) in [5, 5.41) is 4.36. The zero-order chi connectivity index (χ0) is 27.0. The minimum Gasteiger partial charge on any atom is -0.493 e. The van der Waals surface area contributed by atoms with Gasteiger partial charge in [-0.15, -0.1) is 0 Å². The summed E-state index contributed by atoms with van der Waals surface area (Å²) < 4.78 is 39.0. The van der Waals surface area contributed by atoms with Gasteiger partial charge in [-0.3, -0.25) is 9.10 Å². The van der Waals surface area contributed by atoms with E-state index in [1.54, 1.807) is 61.5 Å². The smallest absolute Gasteiger partial charge is 0.264 e. The minimum atomic E-state index is -4.08. The molecule has 0 atom stereocenters. The molecule has 0 aliphatic carbocycles. The molecular formula is C27H28ClN3O5S. The Hall–Kier alpha value is -3.82. The fourth-order valence-corrected chi connectivity index (χ4v) is 5.03. The normalized spacial score (nSPS) is 11.2. The number of hydrogen-bond acceptors (Lipinski definition) is 6. The molecule has 0 unspecified atom stereocenters. The predicted molar refractivity (Wildman–Crippen MR) is 146 cm³/mol. The zero-order valence-electron chi connectivity index (χ0n) is 20.8. The number of methoxy groups -OCH3 is 1. The van der Waals surface area contributed by atoms with Gasteiger partial charge in [0.2, 0.25) is 0 Å². The molecule has 3 rings (SSSR count). The molecule has 0 saturated heterocycles. The number of nitrogens with zero attached hydrogens (tertiary/aromatic N) is 2. The van der Waals surface area contributed by atoms with Crippen molar-refractivity contribution in [3.8, 4) is 11.5 Å². The monoisotopic (exact) mass is 541 g/mol. The summed E-state index contributed by atoms with van der Waals surface area (Å²) in [6.45, 7) is 6.99. The van der Waals surface area contributed by atoms with Crippen molar-refractivity contribution in [3.63, 3.8) is 0 Å². The third-order valence-electron chi connectivity index (χ3n) is 5.35.